The topological polar surface area (TPSA) is 92.8 Å². The van der Waals surface area contributed by atoms with Crippen molar-refractivity contribution in [1.82, 2.24) is 9.62 Å². The van der Waals surface area contributed by atoms with E-state index in [1.54, 1.807) is 13.0 Å². The Bertz CT molecular complexity index is 1380. The molecular weight excluding hydrogens is 476 g/mol. The molecule has 4 rings (SSSR count). The Hall–Kier alpha value is -3.23. The van der Waals surface area contributed by atoms with Crippen LogP contribution < -0.4 is 9.46 Å². The zero-order valence-corrected chi connectivity index (χ0v) is 22.2. The standard InChI is InChI=1S/C28H32N2O5S/c1-6-35-25-12-9-10-23-22(25)17-30(16-21-19(3)14-18(2)15-20(21)4)28(23,5)27(32)29-36(33,34)26-13-8-7-11-24(26)31/h7-10,12-15H,6,11,16-17H2,1-5H3,(H,29,32). The van der Waals surface area contributed by atoms with Gasteiger partial charge in [-0.15, -0.1) is 0 Å². The minimum atomic E-state index is -4.35. The monoisotopic (exact) mass is 508 g/mol. The molecule has 1 amide bonds. The van der Waals surface area contributed by atoms with Gasteiger partial charge in [0.15, 0.2) is 5.78 Å². The van der Waals surface area contributed by atoms with Crippen LogP contribution in [0.25, 0.3) is 0 Å². The number of sulfonamides is 1. The molecule has 0 saturated carbocycles. The Balaban J connectivity index is 1.78. The van der Waals surface area contributed by atoms with Gasteiger partial charge in [-0.2, -0.15) is 0 Å². The minimum absolute atomic E-state index is 0.0170. The number of benzene rings is 2. The van der Waals surface area contributed by atoms with Crippen LogP contribution in [0.3, 0.4) is 0 Å². The normalized spacial score (nSPS) is 19.7. The number of ketones is 1. The average molecular weight is 509 g/mol. The lowest BCUT2D eigenvalue weighted by atomic mass is 9.89. The summed E-state index contributed by atoms with van der Waals surface area (Å²) < 4.78 is 34.3. The van der Waals surface area contributed by atoms with E-state index in [0.717, 1.165) is 27.8 Å². The van der Waals surface area contributed by atoms with Crippen molar-refractivity contribution in [2.75, 3.05) is 6.61 Å². The van der Waals surface area contributed by atoms with Crippen LogP contribution in [0.4, 0.5) is 0 Å². The van der Waals surface area contributed by atoms with Crippen molar-refractivity contribution in [1.29, 1.82) is 0 Å². The minimum Gasteiger partial charge on any atom is -0.494 e. The predicted octanol–water partition coefficient (Wildman–Crippen LogP) is 4.10. The maximum atomic E-state index is 13.9. The summed E-state index contributed by atoms with van der Waals surface area (Å²) in [6, 6.07) is 9.73. The number of nitrogens with one attached hydrogen (secondary N) is 1. The number of amides is 1. The number of aryl methyl sites for hydroxylation is 3. The lowest BCUT2D eigenvalue weighted by Gasteiger charge is -2.35. The van der Waals surface area contributed by atoms with Crippen molar-refractivity contribution in [3.05, 3.63) is 86.8 Å². The summed E-state index contributed by atoms with van der Waals surface area (Å²) in [5.41, 5.74) is 4.68. The molecule has 190 valence electrons. The number of ether oxygens (including phenoxy) is 1. The van der Waals surface area contributed by atoms with Crippen LogP contribution in [0.1, 0.15) is 53.6 Å². The van der Waals surface area contributed by atoms with E-state index < -0.39 is 32.2 Å². The third-order valence-corrected chi connectivity index (χ3v) is 8.45. The molecule has 0 radical (unpaired) electrons. The van der Waals surface area contributed by atoms with Crippen LogP contribution >= 0.6 is 0 Å². The van der Waals surface area contributed by atoms with E-state index in [0.29, 0.717) is 31.0 Å². The molecule has 0 bridgehead atoms. The molecule has 36 heavy (non-hydrogen) atoms. The van der Waals surface area contributed by atoms with Gasteiger partial charge in [0.2, 0.25) is 0 Å². The summed E-state index contributed by atoms with van der Waals surface area (Å²) in [6.45, 7) is 11.1. The second kappa shape index (κ2) is 9.67. The third-order valence-electron chi connectivity index (χ3n) is 7.05. The molecule has 0 aromatic heterocycles. The molecule has 2 aliphatic rings. The lowest BCUT2D eigenvalue weighted by Crippen LogP contribution is -2.52. The van der Waals surface area contributed by atoms with Crippen LogP contribution in [-0.2, 0) is 38.2 Å². The molecule has 2 aromatic carbocycles. The second-order valence-corrected chi connectivity index (χ2v) is 11.2. The van der Waals surface area contributed by atoms with Gasteiger partial charge in [0.05, 0.1) is 6.61 Å². The number of fused-ring (bicyclic) bond motifs is 1. The molecule has 1 atom stereocenters. The number of nitrogens with zero attached hydrogens (tertiary/aromatic N) is 1. The Morgan fingerprint density at radius 1 is 1.17 bits per heavy atom. The first-order chi connectivity index (χ1) is 17.0. The SMILES string of the molecule is CCOc1cccc2c1CN(Cc1c(C)cc(C)cc1C)C2(C)C(=O)NS(=O)(=O)C1=CC=CCC1=O. The molecule has 2 aromatic rings. The first kappa shape index (κ1) is 25.9. The predicted molar refractivity (Wildman–Crippen MR) is 139 cm³/mol. The molecule has 0 saturated heterocycles. The van der Waals surface area contributed by atoms with E-state index in [9.17, 15) is 18.0 Å². The molecule has 0 fully saturated rings. The summed E-state index contributed by atoms with van der Waals surface area (Å²) in [5, 5.41) is 0. The largest absolute Gasteiger partial charge is 0.494 e. The highest BCUT2D eigenvalue weighted by Crippen LogP contribution is 2.44. The third kappa shape index (κ3) is 4.51. The number of carbonyl (C=O) groups is 2. The first-order valence-electron chi connectivity index (χ1n) is 12.0. The Labute approximate surface area is 212 Å². The van der Waals surface area contributed by atoms with Gasteiger partial charge in [-0.25, -0.2) is 13.1 Å². The van der Waals surface area contributed by atoms with Crippen LogP contribution in [0.2, 0.25) is 0 Å². The number of rotatable bonds is 7. The summed E-state index contributed by atoms with van der Waals surface area (Å²) in [7, 11) is -4.35. The Kier molecular flexibility index (Phi) is 6.94. The zero-order chi connectivity index (χ0) is 26.3. The van der Waals surface area contributed by atoms with Crippen molar-refractivity contribution in [2.24, 2.45) is 0 Å². The van der Waals surface area contributed by atoms with E-state index >= 15 is 0 Å². The first-order valence-corrected chi connectivity index (χ1v) is 13.5. The summed E-state index contributed by atoms with van der Waals surface area (Å²) in [6.07, 6.45) is 4.31. The Morgan fingerprint density at radius 2 is 1.86 bits per heavy atom. The average Bonchev–Trinajstić information content (AvgIpc) is 3.10. The Morgan fingerprint density at radius 3 is 2.50 bits per heavy atom. The molecule has 1 N–H and O–H groups in total. The molecule has 0 spiro atoms. The van der Waals surface area contributed by atoms with E-state index in [4.69, 9.17) is 4.74 Å². The maximum absolute atomic E-state index is 13.9. The number of carbonyl (C=O) groups excluding carboxylic acids is 2. The van der Waals surface area contributed by atoms with Gasteiger partial charge in [-0.05, 0) is 69.0 Å². The molecule has 1 aliphatic carbocycles. The highest BCUT2D eigenvalue weighted by atomic mass is 32.2. The molecule has 1 aliphatic heterocycles. The summed E-state index contributed by atoms with van der Waals surface area (Å²) >= 11 is 0. The zero-order valence-electron chi connectivity index (χ0n) is 21.3. The fourth-order valence-electron chi connectivity index (χ4n) is 5.16. The summed E-state index contributed by atoms with van der Waals surface area (Å²) in [4.78, 5) is 27.7. The molecule has 8 heteroatoms. The summed E-state index contributed by atoms with van der Waals surface area (Å²) in [5.74, 6) is -0.580. The van der Waals surface area contributed by atoms with E-state index in [-0.39, 0.29) is 6.42 Å². The maximum Gasteiger partial charge on any atom is 0.267 e. The van der Waals surface area contributed by atoms with Gasteiger partial charge in [-0.3, -0.25) is 14.5 Å². The second-order valence-electron chi connectivity index (χ2n) is 9.54. The molecular formula is C28H32N2O5S. The van der Waals surface area contributed by atoms with E-state index in [2.05, 4.69) is 16.9 Å². The number of hydrogen-bond donors (Lipinski definition) is 1. The van der Waals surface area contributed by atoms with Crippen LogP contribution in [-0.4, -0.2) is 31.6 Å². The van der Waals surface area contributed by atoms with Gasteiger partial charge < -0.3 is 4.74 Å². The van der Waals surface area contributed by atoms with Gasteiger partial charge in [0.1, 0.15) is 16.2 Å². The smallest absolute Gasteiger partial charge is 0.267 e. The van der Waals surface area contributed by atoms with Gasteiger partial charge in [0.25, 0.3) is 15.9 Å². The fourth-order valence-corrected chi connectivity index (χ4v) is 6.36. The fraction of sp³-hybridized carbons (Fsp3) is 0.357. The molecule has 1 heterocycles. The number of hydrogen-bond acceptors (Lipinski definition) is 6. The quantitative estimate of drug-likeness (QED) is 0.605. The molecule has 7 nitrogen and oxygen atoms in total. The van der Waals surface area contributed by atoms with Gasteiger partial charge >= 0.3 is 0 Å². The highest BCUT2D eigenvalue weighted by molar-refractivity contribution is 7.94. The van der Waals surface area contributed by atoms with Crippen LogP contribution in [0.15, 0.2) is 53.5 Å². The van der Waals surface area contributed by atoms with Crippen LogP contribution in [0, 0.1) is 20.8 Å². The van der Waals surface area contributed by atoms with Crippen molar-refractivity contribution < 1.29 is 22.7 Å². The molecule has 1 unspecified atom stereocenters. The van der Waals surface area contributed by atoms with Crippen molar-refractivity contribution in [2.45, 2.75) is 59.7 Å². The van der Waals surface area contributed by atoms with Crippen LogP contribution in [0.5, 0.6) is 5.75 Å². The van der Waals surface area contributed by atoms with E-state index in [1.165, 1.54) is 12.2 Å². The van der Waals surface area contributed by atoms with Gasteiger partial charge in [-0.1, -0.05) is 42.0 Å². The lowest BCUT2D eigenvalue weighted by molar-refractivity contribution is -0.131. The van der Waals surface area contributed by atoms with Gasteiger partial charge in [0, 0.05) is 25.1 Å². The van der Waals surface area contributed by atoms with E-state index in [1.807, 2.05) is 50.8 Å². The number of allylic oxidation sites excluding steroid dienone is 4. The van der Waals surface area contributed by atoms with Crippen molar-refractivity contribution in [3.8, 4) is 5.75 Å². The van der Waals surface area contributed by atoms with Crippen molar-refractivity contribution in [3.63, 3.8) is 0 Å². The number of Topliss-reactive ketones (excluding diaryl/α,β-unsaturated/α-hetero) is 1. The highest BCUT2D eigenvalue weighted by Gasteiger charge is 2.50. The van der Waals surface area contributed by atoms with Crippen molar-refractivity contribution >= 4 is 21.7 Å².